The highest BCUT2D eigenvalue weighted by molar-refractivity contribution is 5.11. The van der Waals surface area contributed by atoms with E-state index in [-0.39, 0.29) is 0 Å². The van der Waals surface area contributed by atoms with Crippen LogP contribution in [0.15, 0.2) is 18.2 Å². The van der Waals surface area contributed by atoms with Crippen LogP contribution in [0.1, 0.15) is 38.6 Å². The molecule has 0 radical (unpaired) electrons. The van der Waals surface area contributed by atoms with Crippen LogP contribution >= 0.6 is 0 Å². The number of nitrogens with two attached hydrogens (primary N) is 1. The van der Waals surface area contributed by atoms with E-state index in [0.29, 0.717) is 12.0 Å². The molecule has 100 valence electrons. The van der Waals surface area contributed by atoms with Gasteiger partial charge in [0.05, 0.1) is 11.4 Å². The van der Waals surface area contributed by atoms with Crippen molar-refractivity contribution in [2.75, 3.05) is 13.1 Å². The van der Waals surface area contributed by atoms with Crippen LogP contribution in [0.3, 0.4) is 0 Å². The topological polar surface area (TPSA) is 42.1 Å². The van der Waals surface area contributed by atoms with Crippen LogP contribution in [0, 0.1) is 11.3 Å². The Kier molecular flexibility index (Phi) is 4.03. The molecule has 2 heterocycles. The highest BCUT2D eigenvalue weighted by Crippen LogP contribution is 2.33. The summed E-state index contributed by atoms with van der Waals surface area (Å²) in [6.07, 6.45) is 1.31. The number of hydrogen-bond acceptors (Lipinski definition) is 3. The summed E-state index contributed by atoms with van der Waals surface area (Å²) in [4.78, 5) is 7.09. The van der Waals surface area contributed by atoms with Gasteiger partial charge in [0, 0.05) is 19.6 Å². The van der Waals surface area contributed by atoms with E-state index < -0.39 is 0 Å². The number of aromatic nitrogens is 1. The van der Waals surface area contributed by atoms with Crippen molar-refractivity contribution in [1.29, 1.82) is 0 Å². The first-order chi connectivity index (χ1) is 8.49. The number of likely N-dealkylation sites (tertiary alicyclic amines) is 1. The van der Waals surface area contributed by atoms with Crippen molar-refractivity contribution >= 4 is 0 Å². The van der Waals surface area contributed by atoms with Crippen LogP contribution in [-0.2, 0) is 13.1 Å². The number of nitrogens with zero attached hydrogens (tertiary/aromatic N) is 2. The van der Waals surface area contributed by atoms with Gasteiger partial charge in [0.25, 0.3) is 0 Å². The van der Waals surface area contributed by atoms with Gasteiger partial charge in [0.1, 0.15) is 0 Å². The maximum Gasteiger partial charge on any atom is 0.0547 e. The van der Waals surface area contributed by atoms with Gasteiger partial charge in [-0.25, -0.2) is 0 Å². The van der Waals surface area contributed by atoms with E-state index >= 15 is 0 Å². The summed E-state index contributed by atoms with van der Waals surface area (Å²) in [6.45, 7) is 10.9. The predicted molar refractivity (Wildman–Crippen MR) is 75.0 cm³/mol. The average molecular weight is 247 g/mol. The molecule has 0 spiro atoms. The second kappa shape index (κ2) is 5.37. The Balaban J connectivity index is 1.95. The molecule has 0 aromatic carbocycles. The molecule has 1 aliphatic rings. The van der Waals surface area contributed by atoms with E-state index in [1.165, 1.54) is 19.5 Å². The highest BCUT2D eigenvalue weighted by Gasteiger charge is 2.31. The lowest BCUT2D eigenvalue weighted by Gasteiger charge is -2.27. The van der Waals surface area contributed by atoms with Crippen LogP contribution in [-0.4, -0.2) is 23.0 Å². The normalized spacial score (nSPS) is 21.4. The molecule has 2 rings (SSSR count). The van der Waals surface area contributed by atoms with Crippen molar-refractivity contribution in [3.63, 3.8) is 0 Å². The van der Waals surface area contributed by atoms with Crippen molar-refractivity contribution in [3.05, 3.63) is 29.6 Å². The van der Waals surface area contributed by atoms with E-state index in [2.05, 4.69) is 42.8 Å². The van der Waals surface area contributed by atoms with Crippen molar-refractivity contribution in [1.82, 2.24) is 9.88 Å². The Morgan fingerprint density at radius 2 is 2.06 bits per heavy atom. The molecule has 18 heavy (non-hydrogen) atoms. The third kappa shape index (κ3) is 3.30. The Labute approximate surface area is 110 Å². The Morgan fingerprint density at radius 1 is 1.33 bits per heavy atom. The third-order valence-corrected chi connectivity index (χ3v) is 3.96. The van der Waals surface area contributed by atoms with E-state index in [1.54, 1.807) is 0 Å². The summed E-state index contributed by atoms with van der Waals surface area (Å²) >= 11 is 0. The minimum Gasteiger partial charge on any atom is -0.325 e. The minimum absolute atomic E-state index is 0.418. The van der Waals surface area contributed by atoms with Crippen molar-refractivity contribution in [2.24, 2.45) is 17.1 Å². The van der Waals surface area contributed by atoms with Gasteiger partial charge < -0.3 is 5.73 Å². The van der Waals surface area contributed by atoms with Crippen molar-refractivity contribution in [3.8, 4) is 0 Å². The standard InChI is InChI=1S/C15H25N3/c1-15(2,3)12-7-8-18(10-12)11-14-6-4-5-13(9-16)17-14/h4-6,12H,7-11,16H2,1-3H3. The maximum atomic E-state index is 5.63. The fraction of sp³-hybridized carbons (Fsp3) is 0.667. The van der Waals surface area contributed by atoms with E-state index in [9.17, 15) is 0 Å². The fourth-order valence-electron chi connectivity index (χ4n) is 2.64. The fourth-order valence-corrected chi connectivity index (χ4v) is 2.64. The minimum atomic E-state index is 0.418. The van der Waals surface area contributed by atoms with Gasteiger partial charge in [0.2, 0.25) is 0 Å². The summed E-state index contributed by atoms with van der Waals surface area (Å²) in [5, 5.41) is 0. The highest BCUT2D eigenvalue weighted by atomic mass is 15.2. The molecule has 0 bridgehead atoms. The molecule has 1 aromatic rings. The van der Waals surface area contributed by atoms with Gasteiger partial charge in [-0.15, -0.1) is 0 Å². The largest absolute Gasteiger partial charge is 0.325 e. The molecule has 3 nitrogen and oxygen atoms in total. The molecule has 1 unspecified atom stereocenters. The van der Waals surface area contributed by atoms with Crippen LogP contribution in [0.5, 0.6) is 0 Å². The van der Waals surface area contributed by atoms with Crippen LogP contribution in [0.2, 0.25) is 0 Å². The third-order valence-electron chi connectivity index (χ3n) is 3.96. The van der Waals surface area contributed by atoms with Gasteiger partial charge in [-0.3, -0.25) is 9.88 Å². The second-order valence-corrected chi connectivity index (χ2v) is 6.41. The summed E-state index contributed by atoms with van der Waals surface area (Å²) < 4.78 is 0. The average Bonchev–Trinajstić information content (AvgIpc) is 2.77. The summed E-state index contributed by atoms with van der Waals surface area (Å²) in [5.74, 6) is 0.801. The van der Waals surface area contributed by atoms with Crippen LogP contribution in [0.25, 0.3) is 0 Å². The molecule has 0 aliphatic carbocycles. The second-order valence-electron chi connectivity index (χ2n) is 6.41. The van der Waals surface area contributed by atoms with Crippen molar-refractivity contribution < 1.29 is 0 Å². The van der Waals surface area contributed by atoms with Crippen LogP contribution < -0.4 is 5.73 Å². The molecule has 1 aliphatic heterocycles. The first-order valence-corrected chi connectivity index (χ1v) is 6.86. The molecule has 0 amide bonds. The summed E-state index contributed by atoms with van der Waals surface area (Å²) in [7, 11) is 0. The monoisotopic (exact) mass is 247 g/mol. The van der Waals surface area contributed by atoms with Gasteiger partial charge in [-0.1, -0.05) is 26.8 Å². The lowest BCUT2D eigenvalue weighted by molar-refractivity contribution is 0.225. The zero-order valence-electron chi connectivity index (χ0n) is 11.8. The number of hydrogen-bond donors (Lipinski definition) is 1. The Morgan fingerprint density at radius 3 is 2.67 bits per heavy atom. The zero-order valence-corrected chi connectivity index (χ0v) is 11.8. The number of pyridine rings is 1. The van der Waals surface area contributed by atoms with E-state index in [0.717, 1.165) is 23.9 Å². The summed E-state index contributed by atoms with van der Waals surface area (Å²) in [5.41, 5.74) is 8.18. The molecule has 1 saturated heterocycles. The molecule has 1 fully saturated rings. The summed E-state index contributed by atoms with van der Waals surface area (Å²) in [6, 6.07) is 6.15. The molecule has 0 saturated carbocycles. The first kappa shape index (κ1) is 13.5. The quantitative estimate of drug-likeness (QED) is 0.892. The predicted octanol–water partition coefficient (Wildman–Crippen LogP) is 2.41. The molecular formula is C15H25N3. The van der Waals surface area contributed by atoms with Gasteiger partial charge in [-0.2, -0.15) is 0 Å². The van der Waals surface area contributed by atoms with Gasteiger partial charge in [-0.05, 0) is 36.4 Å². The SMILES string of the molecule is CC(C)(C)C1CCN(Cc2cccc(CN)n2)C1. The molecule has 1 aromatic heterocycles. The molecule has 1 atom stereocenters. The Bertz CT molecular complexity index is 395. The Hall–Kier alpha value is -0.930. The molecule has 2 N–H and O–H groups in total. The number of rotatable bonds is 3. The van der Waals surface area contributed by atoms with E-state index in [1.807, 2.05) is 6.07 Å². The molecule has 3 heteroatoms. The van der Waals surface area contributed by atoms with Gasteiger partial charge in [0.15, 0.2) is 0 Å². The van der Waals surface area contributed by atoms with Crippen molar-refractivity contribution in [2.45, 2.75) is 40.3 Å². The van der Waals surface area contributed by atoms with Gasteiger partial charge >= 0.3 is 0 Å². The lowest BCUT2D eigenvalue weighted by Crippen LogP contribution is -2.26. The van der Waals surface area contributed by atoms with Crippen LogP contribution in [0.4, 0.5) is 0 Å². The smallest absolute Gasteiger partial charge is 0.0547 e. The lowest BCUT2D eigenvalue weighted by atomic mass is 9.80. The molecular weight excluding hydrogens is 222 g/mol. The zero-order chi connectivity index (χ0) is 13.2. The first-order valence-electron chi connectivity index (χ1n) is 6.86. The van der Waals surface area contributed by atoms with E-state index in [4.69, 9.17) is 5.73 Å². The maximum absolute atomic E-state index is 5.63.